The molecule has 144 valence electrons. The summed E-state index contributed by atoms with van der Waals surface area (Å²) in [4.78, 5) is 9.52. The first-order valence-electron chi connectivity index (χ1n) is 10.1. The maximum atomic E-state index is 4.95. The number of allylic oxidation sites excluding steroid dienone is 4. The topological polar surface area (TPSA) is 30.2 Å². The molecule has 1 aliphatic carbocycles. The second-order valence-electron chi connectivity index (χ2n) is 6.59. The van der Waals surface area contributed by atoms with Crippen molar-refractivity contribution in [1.82, 2.24) is 9.55 Å². The summed E-state index contributed by atoms with van der Waals surface area (Å²) in [7, 11) is 0. The molecule has 2 aromatic rings. The van der Waals surface area contributed by atoms with E-state index in [-0.39, 0.29) is 0 Å². The highest BCUT2D eigenvalue weighted by Crippen LogP contribution is 2.39. The minimum absolute atomic E-state index is 0.635. The molecule has 0 atom stereocenters. The lowest BCUT2D eigenvalue weighted by molar-refractivity contribution is 0.858. The Bertz CT molecular complexity index is 890. The first kappa shape index (κ1) is 20.9. The molecule has 2 aliphatic rings. The zero-order valence-corrected chi connectivity index (χ0v) is 18.1. The molecule has 0 unspecified atom stereocenters. The summed E-state index contributed by atoms with van der Waals surface area (Å²) < 4.78 is 2.31. The fourth-order valence-electron chi connectivity index (χ4n) is 3.55. The summed E-state index contributed by atoms with van der Waals surface area (Å²) in [5.74, 6) is 1.04. The number of rotatable bonds is 1. The highest BCUT2D eigenvalue weighted by Gasteiger charge is 2.29. The fraction of sp³-hybridized carbons (Fsp3) is 0.417. The van der Waals surface area contributed by atoms with E-state index in [4.69, 9.17) is 4.99 Å². The third-order valence-electron chi connectivity index (χ3n) is 4.96. The molecule has 1 aromatic heterocycles. The Labute approximate surface area is 164 Å². The predicted octanol–water partition coefficient (Wildman–Crippen LogP) is 6.51. The van der Waals surface area contributed by atoms with Gasteiger partial charge >= 0.3 is 0 Å². The van der Waals surface area contributed by atoms with Gasteiger partial charge < -0.3 is 4.57 Å². The van der Waals surface area contributed by atoms with Gasteiger partial charge in [-0.3, -0.25) is 4.99 Å². The molecule has 2 heterocycles. The van der Waals surface area contributed by atoms with Crippen LogP contribution in [0.4, 0.5) is 0 Å². The zero-order chi connectivity index (χ0) is 20.1. The van der Waals surface area contributed by atoms with Crippen LogP contribution in [0.25, 0.3) is 5.70 Å². The Kier molecular flexibility index (Phi) is 6.95. The molecular weight excluding hydrogens is 330 g/mol. The van der Waals surface area contributed by atoms with E-state index in [1.807, 2.05) is 33.9 Å². The van der Waals surface area contributed by atoms with Gasteiger partial charge in [0.15, 0.2) is 0 Å². The number of hydrogen-bond donors (Lipinski definition) is 0. The number of aromatic nitrogens is 2. The minimum atomic E-state index is 0.635. The zero-order valence-electron chi connectivity index (χ0n) is 18.1. The molecule has 0 saturated heterocycles. The van der Waals surface area contributed by atoms with E-state index in [0.717, 1.165) is 18.0 Å². The average Bonchev–Trinajstić information content (AvgIpc) is 3.14. The molecule has 4 rings (SSSR count). The second kappa shape index (κ2) is 8.98. The smallest absolute Gasteiger partial charge is 0.134 e. The normalized spacial score (nSPS) is 15.0. The minimum Gasteiger partial charge on any atom is -0.302 e. The van der Waals surface area contributed by atoms with Crippen LogP contribution in [0.1, 0.15) is 70.6 Å². The standard InChI is InChI=1S/C20H21N3.2C2H6/c1-12-5-7-16(8-6-12)20-19-15(4)13(2)9-17(19)23-14(3)10-21-18(23)11-22-20;2*1-2/h5-8,10H,9,11H2,1-4H3;2*1-2H3. The molecule has 0 radical (unpaired) electrons. The molecule has 0 amide bonds. The summed E-state index contributed by atoms with van der Waals surface area (Å²) in [6, 6.07) is 8.68. The van der Waals surface area contributed by atoms with E-state index in [0.29, 0.717) is 6.54 Å². The van der Waals surface area contributed by atoms with Gasteiger partial charge in [-0.05, 0) is 33.3 Å². The first-order valence-corrected chi connectivity index (χ1v) is 10.1. The van der Waals surface area contributed by atoms with Crippen LogP contribution in [0.15, 0.2) is 52.2 Å². The van der Waals surface area contributed by atoms with Crippen molar-refractivity contribution in [2.24, 2.45) is 4.99 Å². The number of fused-ring (bicyclic) bond motifs is 2. The monoisotopic (exact) mass is 363 g/mol. The van der Waals surface area contributed by atoms with Gasteiger partial charge in [0.25, 0.3) is 0 Å². The highest BCUT2D eigenvalue weighted by molar-refractivity contribution is 6.19. The highest BCUT2D eigenvalue weighted by atomic mass is 15.1. The van der Waals surface area contributed by atoms with Crippen LogP contribution >= 0.6 is 0 Å². The Morgan fingerprint density at radius 2 is 1.52 bits per heavy atom. The number of benzene rings is 1. The lowest BCUT2D eigenvalue weighted by atomic mass is 9.96. The first-order chi connectivity index (χ1) is 13.1. The van der Waals surface area contributed by atoms with Crippen LogP contribution < -0.4 is 0 Å². The predicted molar refractivity (Wildman–Crippen MR) is 117 cm³/mol. The van der Waals surface area contributed by atoms with Crippen molar-refractivity contribution >= 4 is 11.4 Å². The van der Waals surface area contributed by atoms with Crippen molar-refractivity contribution < 1.29 is 0 Å². The maximum Gasteiger partial charge on any atom is 0.134 e. The van der Waals surface area contributed by atoms with Gasteiger partial charge in [-0.2, -0.15) is 0 Å². The largest absolute Gasteiger partial charge is 0.302 e. The molecule has 0 fully saturated rings. The molecule has 1 aromatic carbocycles. The lowest BCUT2D eigenvalue weighted by Gasteiger charge is -2.13. The van der Waals surface area contributed by atoms with Gasteiger partial charge in [-0.1, -0.05) is 63.1 Å². The van der Waals surface area contributed by atoms with Crippen LogP contribution in [0.5, 0.6) is 0 Å². The summed E-state index contributed by atoms with van der Waals surface area (Å²) in [6.07, 6.45) is 2.94. The molecule has 3 nitrogen and oxygen atoms in total. The van der Waals surface area contributed by atoms with Crippen molar-refractivity contribution in [3.8, 4) is 0 Å². The van der Waals surface area contributed by atoms with Gasteiger partial charge in [0.2, 0.25) is 0 Å². The summed E-state index contributed by atoms with van der Waals surface area (Å²) >= 11 is 0. The van der Waals surface area contributed by atoms with Gasteiger partial charge in [0, 0.05) is 35.1 Å². The van der Waals surface area contributed by atoms with Crippen molar-refractivity contribution in [2.45, 2.75) is 68.4 Å². The van der Waals surface area contributed by atoms with Crippen molar-refractivity contribution in [3.05, 3.63) is 69.8 Å². The fourth-order valence-corrected chi connectivity index (χ4v) is 3.55. The molecule has 3 heteroatoms. The molecule has 1 aliphatic heterocycles. The Morgan fingerprint density at radius 1 is 0.889 bits per heavy atom. The number of nitrogens with zero attached hydrogens (tertiary/aromatic N) is 3. The number of imidazole rings is 1. The Morgan fingerprint density at radius 3 is 2.15 bits per heavy atom. The quantitative estimate of drug-likeness (QED) is 0.568. The Hall–Kier alpha value is -2.42. The Balaban J connectivity index is 0.000000614. The van der Waals surface area contributed by atoms with Crippen LogP contribution in [0, 0.1) is 13.8 Å². The van der Waals surface area contributed by atoms with E-state index in [9.17, 15) is 0 Å². The van der Waals surface area contributed by atoms with Gasteiger partial charge in [-0.25, -0.2) is 4.98 Å². The molecule has 0 spiro atoms. The van der Waals surface area contributed by atoms with Crippen LogP contribution in [0.2, 0.25) is 0 Å². The van der Waals surface area contributed by atoms with Crippen molar-refractivity contribution in [1.29, 1.82) is 0 Å². The van der Waals surface area contributed by atoms with Crippen LogP contribution in [-0.4, -0.2) is 15.3 Å². The second-order valence-corrected chi connectivity index (χ2v) is 6.59. The number of aliphatic imine (C=N–C) groups is 1. The van der Waals surface area contributed by atoms with E-state index in [1.165, 1.54) is 39.2 Å². The molecule has 0 saturated carbocycles. The third kappa shape index (κ3) is 3.83. The lowest BCUT2D eigenvalue weighted by Crippen LogP contribution is -2.08. The SMILES string of the molecule is CC.CC.CC1=C(C)C2=C(C1)n1c(C)cnc1CN=C2c1ccc(C)cc1. The summed E-state index contributed by atoms with van der Waals surface area (Å²) in [5, 5.41) is 0. The van der Waals surface area contributed by atoms with Gasteiger partial charge in [0.1, 0.15) is 5.82 Å². The van der Waals surface area contributed by atoms with E-state index in [2.05, 4.69) is 61.5 Å². The molecule has 0 bridgehead atoms. The van der Waals surface area contributed by atoms with Gasteiger partial charge in [-0.15, -0.1) is 0 Å². The van der Waals surface area contributed by atoms with E-state index < -0.39 is 0 Å². The third-order valence-corrected chi connectivity index (χ3v) is 4.96. The van der Waals surface area contributed by atoms with Crippen molar-refractivity contribution in [3.63, 3.8) is 0 Å². The molecular formula is C24H33N3. The number of hydrogen-bond acceptors (Lipinski definition) is 2. The maximum absolute atomic E-state index is 4.95. The van der Waals surface area contributed by atoms with Crippen LogP contribution in [-0.2, 0) is 6.54 Å². The van der Waals surface area contributed by atoms with Crippen molar-refractivity contribution in [2.75, 3.05) is 0 Å². The molecule has 0 N–H and O–H groups in total. The van der Waals surface area contributed by atoms with E-state index in [1.54, 1.807) is 0 Å². The van der Waals surface area contributed by atoms with Crippen LogP contribution in [0.3, 0.4) is 0 Å². The summed E-state index contributed by atoms with van der Waals surface area (Å²) in [6.45, 7) is 17.3. The number of aryl methyl sites for hydroxylation is 2. The average molecular weight is 364 g/mol. The molecule has 27 heavy (non-hydrogen) atoms. The van der Waals surface area contributed by atoms with E-state index >= 15 is 0 Å². The van der Waals surface area contributed by atoms with Gasteiger partial charge in [0.05, 0.1) is 12.3 Å². The summed E-state index contributed by atoms with van der Waals surface area (Å²) in [5.41, 5.74) is 10.2.